The molecule has 0 spiro atoms. The number of allylic oxidation sites excluding steroid dienone is 1. The van der Waals surface area contributed by atoms with Crippen LogP contribution in [0.5, 0.6) is 0 Å². The zero-order valence-corrected chi connectivity index (χ0v) is 16.3. The number of hydrogen-bond donors (Lipinski definition) is 0. The zero-order chi connectivity index (χ0) is 19.1. The SMILES string of the molecule is C=CCn1cc(CN(Cc2ccc(CC)cc2)Cc2cccnc2)c(C)n1. The Kier molecular flexibility index (Phi) is 6.55. The van der Waals surface area contributed by atoms with Crippen LogP contribution in [0.3, 0.4) is 0 Å². The molecule has 0 saturated carbocycles. The molecule has 2 aromatic heterocycles. The maximum atomic E-state index is 4.60. The van der Waals surface area contributed by atoms with Crippen molar-refractivity contribution in [2.24, 2.45) is 0 Å². The molecule has 2 heterocycles. The highest BCUT2D eigenvalue weighted by atomic mass is 15.3. The van der Waals surface area contributed by atoms with E-state index in [1.54, 1.807) is 0 Å². The molecule has 0 unspecified atom stereocenters. The summed E-state index contributed by atoms with van der Waals surface area (Å²) in [5, 5.41) is 4.60. The van der Waals surface area contributed by atoms with E-state index in [2.05, 4.69) is 71.9 Å². The number of aromatic nitrogens is 3. The highest BCUT2D eigenvalue weighted by Gasteiger charge is 2.12. The van der Waals surface area contributed by atoms with Gasteiger partial charge in [-0.2, -0.15) is 5.10 Å². The van der Waals surface area contributed by atoms with Crippen LogP contribution in [0.2, 0.25) is 0 Å². The average molecular weight is 361 g/mol. The highest BCUT2D eigenvalue weighted by Crippen LogP contribution is 2.16. The second-order valence-electron chi connectivity index (χ2n) is 6.93. The smallest absolute Gasteiger partial charge is 0.0638 e. The molecule has 4 nitrogen and oxygen atoms in total. The minimum Gasteiger partial charge on any atom is -0.290 e. The fraction of sp³-hybridized carbons (Fsp3) is 0.304. The van der Waals surface area contributed by atoms with E-state index in [0.717, 1.165) is 38.3 Å². The molecule has 0 amide bonds. The molecule has 0 atom stereocenters. The maximum Gasteiger partial charge on any atom is 0.0638 e. The summed E-state index contributed by atoms with van der Waals surface area (Å²) in [7, 11) is 0. The average Bonchev–Trinajstić information content (AvgIpc) is 3.02. The Morgan fingerprint density at radius 1 is 1.04 bits per heavy atom. The van der Waals surface area contributed by atoms with Crippen molar-refractivity contribution in [3.8, 4) is 0 Å². The summed E-state index contributed by atoms with van der Waals surface area (Å²) in [5.41, 5.74) is 6.26. The molecule has 0 fully saturated rings. The van der Waals surface area contributed by atoms with Crippen molar-refractivity contribution in [3.63, 3.8) is 0 Å². The van der Waals surface area contributed by atoms with Crippen molar-refractivity contribution in [1.29, 1.82) is 0 Å². The summed E-state index contributed by atoms with van der Waals surface area (Å²) in [6.45, 7) is 11.4. The van der Waals surface area contributed by atoms with Crippen molar-refractivity contribution < 1.29 is 0 Å². The Morgan fingerprint density at radius 2 is 1.78 bits per heavy atom. The molecule has 0 aliphatic carbocycles. The van der Waals surface area contributed by atoms with Gasteiger partial charge in [-0.15, -0.1) is 6.58 Å². The molecule has 0 aliphatic rings. The van der Waals surface area contributed by atoms with E-state index in [4.69, 9.17) is 0 Å². The van der Waals surface area contributed by atoms with Crippen molar-refractivity contribution in [2.45, 2.75) is 46.4 Å². The zero-order valence-electron chi connectivity index (χ0n) is 16.3. The first-order chi connectivity index (χ1) is 13.2. The lowest BCUT2D eigenvalue weighted by Gasteiger charge is -2.22. The highest BCUT2D eigenvalue weighted by molar-refractivity contribution is 5.23. The minimum absolute atomic E-state index is 0.738. The first kappa shape index (κ1) is 19.1. The van der Waals surface area contributed by atoms with E-state index < -0.39 is 0 Å². The Bertz CT molecular complexity index is 850. The van der Waals surface area contributed by atoms with Crippen molar-refractivity contribution in [3.05, 3.63) is 95.6 Å². The molecule has 3 rings (SSSR count). The molecule has 0 radical (unpaired) electrons. The van der Waals surface area contributed by atoms with E-state index in [9.17, 15) is 0 Å². The van der Waals surface area contributed by atoms with Crippen LogP contribution in [0, 0.1) is 6.92 Å². The van der Waals surface area contributed by atoms with Gasteiger partial charge in [0.25, 0.3) is 0 Å². The summed E-state index contributed by atoms with van der Waals surface area (Å²) in [6, 6.07) is 13.1. The quantitative estimate of drug-likeness (QED) is 0.526. The molecule has 1 aromatic carbocycles. The Morgan fingerprint density at radius 3 is 2.44 bits per heavy atom. The molecular weight excluding hydrogens is 332 g/mol. The first-order valence-corrected chi connectivity index (χ1v) is 9.50. The van der Waals surface area contributed by atoms with Crippen LogP contribution in [0.15, 0.2) is 67.6 Å². The van der Waals surface area contributed by atoms with Gasteiger partial charge in [-0.05, 0) is 36.1 Å². The second kappa shape index (κ2) is 9.28. The fourth-order valence-electron chi connectivity index (χ4n) is 3.24. The summed E-state index contributed by atoms with van der Waals surface area (Å²) in [5.74, 6) is 0. The van der Waals surface area contributed by atoms with E-state index >= 15 is 0 Å². The molecule has 27 heavy (non-hydrogen) atoms. The third kappa shape index (κ3) is 5.38. The number of benzene rings is 1. The van der Waals surface area contributed by atoms with E-state index in [0.29, 0.717) is 0 Å². The predicted octanol–water partition coefficient (Wildman–Crippen LogP) is 4.54. The molecule has 140 valence electrons. The normalized spacial score (nSPS) is 11.1. The lowest BCUT2D eigenvalue weighted by Crippen LogP contribution is -2.22. The Balaban J connectivity index is 1.79. The van der Waals surface area contributed by atoms with Crippen LogP contribution in [-0.4, -0.2) is 19.7 Å². The molecule has 4 heteroatoms. The van der Waals surface area contributed by atoms with Gasteiger partial charge in [0, 0.05) is 43.8 Å². The van der Waals surface area contributed by atoms with Gasteiger partial charge >= 0.3 is 0 Å². The lowest BCUT2D eigenvalue weighted by atomic mass is 10.1. The van der Waals surface area contributed by atoms with E-state index in [1.165, 1.54) is 22.3 Å². The Hall–Kier alpha value is -2.72. The maximum absolute atomic E-state index is 4.60. The van der Waals surface area contributed by atoms with Gasteiger partial charge in [0.15, 0.2) is 0 Å². The van der Waals surface area contributed by atoms with E-state index in [1.807, 2.05) is 29.2 Å². The number of pyridine rings is 1. The van der Waals surface area contributed by atoms with Gasteiger partial charge in [0.1, 0.15) is 0 Å². The van der Waals surface area contributed by atoms with Gasteiger partial charge in [-0.3, -0.25) is 14.6 Å². The molecule has 0 saturated heterocycles. The second-order valence-corrected chi connectivity index (χ2v) is 6.93. The van der Waals surface area contributed by atoms with Gasteiger partial charge in [0.2, 0.25) is 0 Å². The summed E-state index contributed by atoms with van der Waals surface area (Å²) >= 11 is 0. The summed E-state index contributed by atoms with van der Waals surface area (Å²) < 4.78 is 1.95. The van der Waals surface area contributed by atoms with Crippen molar-refractivity contribution in [2.75, 3.05) is 0 Å². The molecule has 0 N–H and O–H groups in total. The number of nitrogens with zero attached hydrogens (tertiary/aromatic N) is 4. The van der Waals surface area contributed by atoms with Crippen LogP contribution in [-0.2, 0) is 32.6 Å². The van der Waals surface area contributed by atoms with Crippen LogP contribution < -0.4 is 0 Å². The number of aryl methyl sites for hydroxylation is 2. The standard InChI is InChI=1S/C23H28N4/c1-4-13-27-18-23(19(3)25-27)17-26(16-22-7-6-12-24-14-22)15-21-10-8-20(5-2)9-11-21/h4,6-12,14,18H,1,5,13,15-17H2,2-3H3. The Labute approximate surface area is 162 Å². The number of rotatable bonds is 9. The van der Waals surface area contributed by atoms with Crippen LogP contribution in [0.4, 0.5) is 0 Å². The van der Waals surface area contributed by atoms with Crippen molar-refractivity contribution in [1.82, 2.24) is 19.7 Å². The van der Waals surface area contributed by atoms with Gasteiger partial charge in [0.05, 0.1) is 12.2 Å². The van der Waals surface area contributed by atoms with Crippen LogP contribution in [0.25, 0.3) is 0 Å². The molecule has 3 aromatic rings. The third-order valence-corrected chi connectivity index (χ3v) is 4.72. The minimum atomic E-state index is 0.738. The van der Waals surface area contributed by atoms with E-state index in [-0.39, 0.29) is 0 Å². The summed E-state index contributed by atoms with van der Waals surface area (Å²) in [6.07, 6.45) is 8.84. The van der Waals surface area contributed by atoms with Crippen LogP contribution in [0.1, 0.15) is 34.9 Å². The van der Waals surface area contributed by atoms with Gasteiger partial charge in [-0.1, -0.05) is 43.3 Å². The van der Waals surface area contributed by atoms with Crippen molar-refractivity contribution >= 4 is 0 Å². The third-order valence-electron chi connectivity index (χ3n) is 4.72. The largest absolute Gasteiger partial charge is 0.290 e. The first-order valence-electron chi connectivity index (χ1n) is 9.50. The summed E-state index contributed by atoms with van der Waals surface area (Å²) in [4.78, 5) is 6.71. The monoisotopic (exact) mass is 360 g/mol. The van der Waals surface area contributed by atoms with Gasteiger partial charge < -0.3 is 0 Å². The topological polar surface area (TPSA) is 34.0 Å². The lowest BCUT2D eigenvalue weighted by molar-refractivity contribution is 0.247. The predicted molar refractivity (Wildman–Crippen MR) is 110 cm³/mol. The number of hydrogen-bond acceptors (Lipinski definition) is 3. The molecule has 0 bridgehead atoms. The fourth-order valence-corrected chi connectivity index (χ4v) is 3.24. The molecular formula is C23H28N4. The molecule has 0 aliphatic heterocycles. The van der Waals surface area contributed by atoms with Gasteiger partial charge in [-0.25, -0.2) is 0 Å². The van der Waals surface area contributed by atoms with Crippen LogP contribution >= 0.6 is 0 Å².